The standard InChI is InChI=1S/C13H16IN3/c1-3-17-9-11(8-16-17)7-15-12-5-4-10(2)13(14)6-12/h4-6,8-9,15H,3,7H2,1-2H3. The third-order valence-electron chi connectivity index (χ3n) is 2.68. The molecule has 0 aliphatic carbocycles. The average Bonchev–Trinajstić information content (AvgIpc) is 2.79. The lowest BCUT2D eigenvalue weighted by molar-refractivity contribution is 0.659. The molecule has 1 heterocycles. The normalized spacial score (nSPS) is 10.5. The van der Waals surface area contributed by atoms with Crippen LogP contribution in [0.15, 0.2) is 30.6 Å². The SMILES string of the molecule is CCn1cc(CNc2ccc(C)c(I)c2)cn1. The molecule has 0 aliphatic rings. The Hall–Kier alpha value is -1.04. The van der Waals surface area contributed by atoms with Gasteiger partial charge in [0.2, 0.25) is 0 Å². The van der Waals surface area contributed by atoms with Crippen LogP contribution in [0.1, 0.15) is 18.1 Å². The molecule has 1 aromatic carbocycles. The fourth-order valence-electron chi connectivity index (χ4n) is 1.58. The molecule has 0 saturated heterocycles. The van der Waals surface area contributed by atoms with E-state index >= 15 is 0 Å². The molecule has 0 saturated carbocycles. The van der Waals surface area contributed by atoms with Gasteiger partial charge in [0, 0.05) is 34.1 Å². The molecule has 4 heteroatoms. The number of aromatic nitrogens is 2. The van der Waals surface area contributed by atoms with Gasteiger partial charge in [-0.1, -0.05) is 6.07 Å². The molecule has 0 bridgehead atoms. The molecule has 0 aliphatic heterocycles. The van der Waals surface area contributed by atoms with Crippen LogP contribution in [-0.2, 0) is 13.1 Å². The van der Waals surface area contributed by atoms with Gasteiger partial charge in [-0.05, 0) is 54.1 Å². The van der Waals surface area contributed by atoms with Crippen LogP contribution in [0.3, 0.4) is 0 Å². The Bertz CT molecular complexity index is 505. The quantitative estimate of drug-likeness (QED) is 0.864. The number of hydrogen-bond donors (Lipinski definition) is 1. The van der Waals surface area contributed by atoms with E-state index in [1.807, 2.05) is 10.9 Å². The van der Waals surface area contributed by atoms with E-state index in [4.69, 9.17) is 0 Å². The van der Waals surface area contributed by atoms with Crippen molar-refractivity contribution in [3.63, 3.8) is 0 Å². The summed E-state index contributed by atoms with van der Waals surface area (Å²) < 4.78 is 3.23. The third-order valence-corrected chi connectivity index (χ3v) is 3.84. The highest BCUT2D eigenvalue weighted by Crippen LogP contribution is 2.17. The molecule has 3 nitrogen and oxygen atoms in total. The van der Waals surface area contributed by atoms with Crippen LogP contribution in [0, 0.1) is 10.5 Å². The predicted molar refractivity (Wildman–Crippen MR) is 79.1 cm³/mol. The van der Waals surface area contributed by atoms with Crippen molar-refractivity contribution in [1.29, 1.82) is 0 Å². The Morgan fingerprint density at radius 1 is 1.41 bits per heavy atom. The van der Waals surface area contributed by atoms with Crippen molar-refractivity contribution in [2.75, 3.05) is 5.32 Å². The van der Waals surface area contributed by atoms with Gasteiger partial charge in [0.1, 0.15) is 0 Å². The highest BCUT2D eigenvalue weighted by molar-refractivity contribution is 14.1. The van der Waals surface area contributed by atoms with E-state index in [1.165, 1.54) is 14.7 Å². The van der Waals surface area contributed by atoms with Crippen LogP contribution < -0.4 is 5.32 Å². The monoisotopic (exact) mass is 341 g/mol. The van der Waals surface area contributed by atoms with Gasteiger partial charge in [-0.25, -0.2) is 0 Å². The molecule has 1 aromatic heterocycles. The van der Waals surface area contributed by atoms with Crippen molar-refractivity contribution in [2.24, 2.45) is 0 Å². The van der Waals surface area contributed by atoms with E-state index in [0.717, 1.165) is 18.8 Å². The number of benzene rings is 1. The molecular weight excluding hydrogens is 325 g/mol. The predicted octanol–water partition coefficient (Wildman–Crippen LogP) is 3.43. The largest absolute Gasteiger partial charge is 0.381 e. The smallest absolute Gasteiger partial charge is 0.0539 e. The van der Waals surface area contributed by atoms with Crippen molar-refractivity contribution in [3.05, 3.63) is 45.3 Å². The molecule has 1 N–H and O–H groups in total. The van der Waals surface area contributed by atoms with Crippen molar-refractivity contribution in [1.82, 2.24) is 9.78 Å². The van der Waals surface area contributed by atoms with Crippen molar-refractivity contribution < 1.29 is 0 Å². The van der Waals surface area contributed by atoms with E-state index in [9.17, 15) is 0 Å². The minimum absolute atomic E-state index is 0.819. The van der Waals surface area contributed by atoms with Gasteiger partial charge in [-0.2, -0.15) is 5.10 Å². The Morgan fingerprint density at radius 3 is 2.88 bits per heavy atom. The first-order valence-corrected chi connectivity index (χ1v) is 6.78. The lowest BCUT2D eigenvalue weighted by Gasteiger charge is -2.06. The van der Waals surface area contributed by atoms with Gasteiger partial charge in [0.15, 0.2) is 0 Å². The van der Waals surface area contributed by atoms with E-state index < -0.39 is 0 Å². The Kier molecular flexibility index (Phi) is 4.04. The second-order valence-corrected chi connectivity index (χ2v) is 5.18. The van der Waals surface area contributed by atoms with E-state index in [-0.39, 0.29) is 0 Å². The Morgan fingerprint density at radius 2 is 2.24 bits per heavy atom. The topological polar surface area (TPSA) is 29.9 Å². The first-order chi connectivity index (χ1) is 8.19. The maximum absolute atomic E-state index is 4.25. The molecule has 0 fully saturated rings. The first kappa shape index (κ1) is 12.4. The maximum atomic E-state index is 4.25. The highest BCUT2D eigenvalue weighted by Gasteiger charge is 1.99. The second kappa shape index (κ2) is 5.53. The van der Waals surface area contributed by atoms with Crippen LogP contribution in [0.2, 0.25) is 0 Å². The van der Waals surface area contributed by atoms with Gasteiger partial charge in [0.05, 0.1) is 6.20 Å². The minimum atomic E-state index is 0.819. The van der Waals surface area contributed by atoms with E-state index in [1.54, 1.807) is 0 Å². The highest BCUT2D eigenvalue weighted by atomic mass is 127. The Labute approximate surface area is 115 Å². The second-order valence-electron chi connectivity index (χ2n) is 4.02. The van der Waals surface area contributed by atoms with Gasteiger partial charge in [-0.3, -0.25) is 4.68 Å². The number of nitrogens with one attached hydrogen (secondary N) is 1. The molecule has 0 unspecified atom stereocenters. The Balaban J connectivity index is 1.99. The zero-order chi connectivity index (χ0) is 12.3. The third kappa shape index (κ3) is 3.21. The van der Waals surface area contributed by atoms with E-state index in [0.29, 0.717) is 0 Å². The van der Waals surface area contributed by atoms with Crippen LogP contribution >= 0.6 is 22.6 Å². The van der Waals surface area contributed by atoms with Gasteiger partial charge in [0.25, 0.3) is 0 Å². The number of anilines is 1. The molecule has 0 radical (unpaired) electrons. The number of rotatable bonds is 4. The van der Waals surface area contributed by atoms with Crippen molar-refractivity contribution >= 4 is 28.3 Å². The number of halogens is 1. The summed E-state index contributed by atoms with van der Waals surface area (Å²) in [6.07, 6.45) is 3.99. The number of hydrogen-bond acceptors (Lipinski definition) is 2. The number of nitrogens with zero attached hydrogens (tertiary/aromatic N) is 2. The maximum Gasteiger partial charge on any atom is 0.0539 e. The fraction of sp³-hybridized carbons (Fsp3) is 0.308. The van der Waals surface area contributed by atoms with Crippen LogP contribution in [0.5, 0.6) is 0 Å². The molecule has 0 spiro atoms. The van der Waals surface area contributed by atoms with Crippen molar-refractivity contribution in [3.8, 4) is 0 Å². The zero-order valence-electron chi connectivity index (χ0n) is 10.1. The molecule has 17 heavy (non-hydrogen) atoms. The molecule has 0 amide bonds. The molecule has 2 rings (SSSR count). The van der Waals surface area contributed by atoms with Crippen molar-refractivity contribution in [2.45, 2.75) is 26.9 Å². The summed E-state index contributed by atoms with van der Waals surface area (Å²) in [6.45, 7) is 5.95. The first-order valence-electron chi connectivity index (χ1n) is 5.70. The van der Waals surface area contributed by atoms with Gasteiger partial charge < -0.3 is 5.32 Å². The molecule has 0 atom stereocenters. The van der Waals surface area contributed by atoms with Crippen LogP contribution in [0.25, 0.3) is 0 Å². The summed E-state index contributed by atoms with van der Waals surface area (Å²) in [5.74, 6) is 0. The lowest BCUT2D eigenvalue weighted by atomic mass is 10.2. The zero-order valence-corrected chi connectivity index (χ0v) is 12.2. The average molecular weight is 341 g/mol. The lowest BCUT2D eigenvalue weighted by Crippen LogP contribution is -1.99. The summed E-state index contributed by atoms with van der Waals surface area (Å²) in [6, 6.07) is 6.42. The fourth-order valence-corrected chi connectivity index (χ4v) is 2.09. The van der Waals surface area contributed by atoms with Crippen LogP contribution in [0.4, 0.5) is 5.69 Å². The summed E-state index contributed by atoms with van der Waals surface area (Å²) in [5.41, 5.74) is 3.68. The summed E-state index contributed by atoms with van der Waals surface area (Å²) in [4.78, 5) is 0. The molecular formula is C13H16IN3. The minimum Gasteiger partial charge on any atom is -0.381 e. The van der Waals surface area contributed by atoms with E-state index in [2.05, 4.69) is 71.2 Å². The number of aryl methyl sites for hydroxylation is 2. The van der Waals surface area contributed by atoms with Crippen LogP contribution in [-0.4, -0.2) is 9.78 Å². The molecule has 90 valence electrons. The summed E-state index contributed by atoms with van der Waals surface area (Å²) in [5, 5.41) is 7.66. The summed E-state index contributed by atoms with van der Waals surface area (Å²) in [7, 11) is 0. The van der Waals surface area contributed by atoms with Gasteiger partial charge >= 0.3 is 0 Å². The van der Waals surface area contributed by atoms with Gasteiger partial charge in [-0.15, -0.1) is 0 Å². The summed E-state index contributed by atoms with van der Waals surface area (Å²) >= 11 is 2.36. The molecule has 2 aromatic rings.